The molecule has 0 spiro atoms. The van der Waals surface area contributed by atoms with Crippen LogP contribution in [-0.2, 0) is 4.79 Å². The van der Waals surface area contributed by atoms with E-state index in [0.29, 0.717) is 16.9 Å². The van der Waals surface area contributed by atoms with Crippen LogP contribution >= 0.6 is 11.6 Å². The lowest BCUT2D eigenvalue weighted by molar-refractivity contribution is -0.112. The van der Waals surface area contributed by atoms with E-state index in [1.807, 2.05) is 24.3 Å². The highest BCUT2D eigenvalue weighted by molar-refractivity contribution is 6.31. The molecule has 4 aliphatic rings. The fourth-order valence-electron chi connectivity index (χ4n) is 5.20. The predicted molar refractivity (Wildman–Crippen MR) is 84.6 cm³/mol. The second kappa shape index (κ2) is 4.88. The Kier molecular flexibility index (Phi) is 3.11. The Morgan fingerprint density at radius 2 is 1.67 bits per heavy atom. The number of hydrogen-bond donors (Lipinski definition) is 1. The third-order valence-corrected chi connectivity index (χ3v) is 5.90. The Hall–Kier alpha value is -1.28. The van der Waals surface area contributed by atoms with Gasteiger partial charge in [0.2, 0.25) is 5.91 Å². The molecule has 3 heteroatoms. The molecule has 0 aliphatic heterocycles. The molecule has 0 saturated heterocycles. The summed E-state index contributed by atoms with van der Waals surface area (Å²) in [6.07, 6.45) is 6.40. The topological polar surface area (TPSA) is 43.1 Å². The van der Waals surface area contributed by atoms with Gasteiger partial charge in [0.05, 0.1) is 0 Å². The summed E-state index contributed by atoms with van der Waals surface area (Å²) in [5.41, 5.74) is 8.76. The van der Waals surface area contributed by atoms with E-state index in [2.05, 4.69) is 0 Å². The summed E-state index contributed by atoms with van der Waals surface area (Å²) in [7, 11) is 0. The van der Waals surface area contributed by atoms with Crippen molar-refractivity contribution >= 4 is 23.1 Å². The van der Waals surface area contributed by atoms with Gasteiger partial charge < -0.3 is 5.73 Å². The number of carbonyl (C=O) groups excluding carboxylic acids is 1. The van der Waals surface area contributed by atoms with E-state index in [1.165, 1.54) is 37.7 Å². The van der Waals surface area contributed by atoms with E-state index < -0.39 is 0 Å². The molecule has 2 N–H and O–H groups in total. The number of benzene rings is 1. The highest BCUT2D eigenvalue weighted by Crippen LogP contribution is 2.57. The number of primary amides is 1. The summed E-state index contributed by atoms with van der Waals surface area (Å²) in [4.78, 5) is 12.2. The van der Waals surface area contributed by atoms with E-state index in [9.17, 15) is 4.79 Å². The number of carbonyl (C=O) groups is 1. The Morgan fingerprint density at radius 3 is 2.19 bits per heavy atom. The van der Waals surface area contributed by atoms with Crippen molar-refractivity contribution in [2.24, 2.45) is 29.4 Å². The van der Waals surface area contributed by atoms with Gasteiger partial charge in [-0.2, -0.15) is 0 Å². The van der Waals surface area contributed by atoms with Crippen LogP contribution in [0.25, 0.3) is 5.57 Å². The summed E-state index contributed by atoms with van der Waals surface area (Å²) >= 11 is 6.11. The molecule has 0 unspecified atom stereocenters. The monoisotopic (exact) mass is 301 g/mol. The predicted octanol–water partition coefficient (Wildman–Crippen LogP) is 4.04. The van der Waals surface area contributed by atoms with Gasteiger partial charge in [0.25, 0.3) is 0 Å². The van der Waals surface area contributed by atoms with Crippen molar-refractivity contribution in [3.63, 3.8) is 0 Å². The number of amides is 1. The molecular weight excluding hydrogens is 282 g/mol. The molecule has 4 fully saturated rings. The Morgan fingerprint density at radius 1 is 1.05 bits per heavy atom. The van der Waals surface area contributed by atoms with Gasteiger partial charge in [-0.15, -0.1) is 0 Å². The van der Waals surface area contributed by atoms with E-state index in [1.54, 1.807) is 0 Å². The van der Waals surface area contributed by atoms with Crippen LogP contribution in [0.3, 0.4) is 0 Å². The van der Waals surface area contributed by atoms with E-state index >= 15 is 0 Å². The van der Waals surface area contributed by atoms with Gasteiger partial charge in [-0.1, -0.05) is 29.3 Å². The zero-order valence-corrected chi connectivity index (χ0v) is 12.8. The first-order valence-electron chi connectivity index (χ1n) is 7.91. The van der Waals surface area contributed by atoms with Crippen LogP contribution in [0.15, 0.2) is 29.8 Å². The van der Waals surface area contributed by atoms with Gasteiger partial charge in [0.15, 0.2) is 0 Å². The smallest absolute Gasteiger partial charge is 0.249 e. The van der Waals surface area contributed by atoms with Crippen molar-refractivity contribution in [3.05, 3.63) is 40.4 Å². The first-order chi connectivity index (χ1) is 10.1. The largest absolute Gasteiger partial charge is 0.366 e. The lowest BCUT2D eigenvalue weighted by atomic mass is 9.53. The molecule has 21 heavy (non-hydrogen) atoms. The van der Waals surface area contributed by atoms with Crippen LogP contribution < -0.4 is 5.73 Å². The molecule has 0 atom stereocenters. The molecule has 4 aliphatic carbocycles. The second-order valence-corrected chi connectivity index (χ2v) is 7.45. The van der Waals surface area contributed by atoms with Crippen molar-refractivity contribution in [2.75, 3.05) is 0 Å². The van der Waals surface area contributed by atoms with E-state index in [4.69, 9.17) is 17.3 Å². The van der Waals surface area contributed by atoms with Crippen LogP contribution in [0, 0.1) is 23.7 Å². The highest BCUT2D eigenvalue weighted by atomic mass is 35.5. The Balaban J connectivity index is 1.85. The third-order valence-electron chi connectivity index (χ3n) is 5.67. The number of rotatable bonds is 2. The number of halogens is 1. The molecule has 2 nitrogen and oxygen atoms in total. The van der Waals surface area contributed by atoms with Gasteiger partial charge in [0, 0.05) is 10.6 Å². The van der Waals surface area contributed by atoms with Gasteiger partial charge in [-0.05, 0) is 73.5 Å². The van der Waals surface area contributed by atoms with Crippen LogP contribution in [0.5, 0.6) is 0 Å². The molecule has 1 aromatic carbocycles. The standard InChI is InChI=1S/C18H20ClNO/c19-15-3-1-2-12(9-15)17(18(20)21)16-13-5-10-4-11(7-13)8-14(16)6-10/h1-3,9-11,13-14H,4-8H2,(H2,20,21). The van der Waals surface area contributed by atoms with Crippen LogP contribution in [0.2, 0.25) is 5.02 Å². The SMILES string of the molecule is NC(=O)C(=C1C2CC3CC(C2)CC1C3)c1cccc(Cl)c1. The summed E-state index contributed by atoms with van der Waals surface area (Å²) < 4.78 is 0. The Bertz CT molecular complexity index is 604. The van der Waals surface area contributed by atoms with Gasteiger partial charge in [-0.3, -0.25) is 4.79 Å². The second-order valence-electron chi connectivity index (χ2n) is 7.01. The van der Waals surface area contributed by atoms with Crippen molar-refractivity contribution in [1.82, 2.24) is 0 Å². The zero-order valence-electron chi connectivity index (χ0n) is 12.0. The molecule has 1 amide bonds. The van der Waals surface area contributed by atoms with Crippen molar-refractivity contribution in [2.45, 2.75) is 32.1 Å². The Labute approximate surface area is 130 Å². The number of hydrogen-bond acceptors (Lipinski definition) is 1. The summed E-state index contributed by atoms with van der Waals surface area (Å²) in [5, 5.41) is 0.663. The third kappa shape index (κ3) is 2.20. The lowest BCUT2D eigenvalue weighted by Gasteiger charge is -2.52. The maximum absolute atomic E-state index is 12.2. The summed E-state index contributed by atoms with van der Waals surface area (Å²) in [6, 6.07) is 7.58. The molecule has 4 bridgehead atoms. The fraction of sp³-hybridized carbons (Fsp3) is 0.500. The highest BCUT2D eigenvalue weighted by Gasteiger charge is 2.46. The molecular formula is C18H20ClNO. The minimum Gasteiger partial charge on any atom is -0.366 e. The van der Waals surface area contributed by atoms with Gasteiger partial charge in [0.1, 0.15) is 0 Å². The average molecular weight is 302 g/mol. The molecule has 1 aromatic rings. The zero-order chi connectivity index (χ0) is 14.6. The van der Waals surface area contributed by atoms with Crippen LogP contribution in [0.1, 0.15) is 37.7 Å². The van der Waals surface area contributed by atoms with E-state index in [0.717, 1.165) is 23.0 Å². The minimum atomic E-state index is -0.292. The molecule has 4 saturated carbocycles. The normalized spacial score (nSPS) is 33.3. The summed E-state index contributed by atoms with van der Waals surface area (Å²) in [6.45, 7) is 0. The average Bonchev–Trinajstić information content (AvgIpc) is 2.41. The molecule has 0 heterocycles. The molecule has 0 radical (unpaired) electrons. The number of allylic oxidation sites excluding steroid dienone is 1. The van der Waals surface area contributed by atoms with Crippen LogP contribution in [-0.4, -0.2) is 5.91 Å². The maximum Gasteiger partial charge on any atom is 0.249 e. The quantitative estimate of drug-likeness (QED) is 0.823. The first-order valence-corrected chi connectivity index (χ1v) is 8.29. The van der Waals surface area contributed by atoms with Crippen molar-refractivity contribution in [3.8, 4) is 0 Å². The molecule has 110 valence electrons. The first kappa shape index (κ1) is 13.4. The van der Waals surface area contributed by atoms with E-state index in [-0.39, 0.29) is 5.91 Å². The van der Waals surface area contributed by atoms with Crippen LogP contribution in [0.4, 0.5) is 0 Å². The fourth-order valence-corrected chi connectivity index (χ4v) is 5.39. The molecule has 5 rings (SSSR count). The van der Waals surface area contributed by atoms with Gasteiger partial charge >= 0.3 is 0 Å². The maximum atomic E-state index is 12.2. The minimum absolute atomic E-state index is 0.292. The van der Waals surface area contributed by atoms with Crippen molar-refractivity contribution < 1.29 is 4.79 Å². The lowest BCUT2D eigenvalue weighted by Crippen LogP contribution is -2.41. The summed E-state index contributed by atoms with van der Waals surface area (Å²) in [5.74, 6) is 2.61. The number of nitrogens with two attached hydrogens (primary N) is 1. The molecule has 0 aromatic heterocycles. The van der Waals surface area contributed by atoms with Crippen molar-refractivity contribution in [1.29, 1.82) is 0 Å². The van der Waals surface area contributed by atoms with Gasteiger partial charge in [-0.25, -0.2) is 0 Å².